The molecule has 2 heterocycles. The van der Waals surface area contributed by atoms with Crippen molar-refractivity contribution < 1.29 is 5.11 Å². The van der Waals surface area contributed by atoms with Gasteiger partial charge in [0.2, 0.25) is 5.95 Å². The molecular formula is C24H20N4OS. The van der Waals surface area contributed by atoms with Gasteiger partial charge in [-0.25, -0.2) is 9.97 Å². The van der Waals surface area contributed by atoms with Crippen molar-refractivity contribution in [2.24, 2.45) is 0 Å². The molecule has 2 aromatic carbocycles. The van der Waals surface area contributed by atoms with Gasteiger partial charge in [0.1, 0.15) is 0 Å². The lowest BCUT2D eigenvalue weighted by molar-refractivity contribution is 0.199. The summed E-state index contributed by atoms with van der Waals surface area (Å²) in [5.74, 6) is 0.506. The van der Waals surface area contributed by atoms with Crippen LogP contribution in [0.5, 0.6) is 0 Å². The summed E-state index contributed by atoms with van der Waals surface area (Å²) in [5, 5.41) is 21.8. The maximum atomic E-state index is 9.77. The Hall–Kier alpha value is -3.53. The third kappa shape index (κ3) is 4.54. The van der Waals surface area contributed by atoms with Crippen LogP contribution in [0.25, 0.3) is 21.0 Å². The van der Waals surface area contributed by atoms with Gasteiger partial charge in [0.15, 0.2) is 0 Å². The van der Waals surface area contributed by atoms with E-state index < -0.39 is 6.10 Å². The third-order valence-electron chi connectivity index (χ3n) is 4.66. The number of aromatic nitrogens is 2. The first kappa shape index (κ1) is 19.8. The molecule has 0 aliphatic carbocycles. The number of aliphatic hydroxyl groups excluding tert-OH is 1. The Morgan fingerprint density at radius 2 is 1.87 bits per heavy atom. The average Bonchev–Trinajstić information content (AvgIpc) is 3.25. The predicted molar refractivity (Wildman–Crippen MR) is 120 cm³/mol. The van der Waals surface area contributed by atoms with Crippen molar-refractivity contribution in [3.05, 3.63) is 84.1 Å². The largest absolute Gasteiger partial charge is 0.389 e. The van der Waals surface area contributed by atoms with Crippen LogP contribution < -0.4 is 5.32 Å². The highest BCUT2D eigenvalue weighted by Gasteiger charge is 2.09. The second kappa shape index (κ2) is 8.87. The van der Waals surface area contributed by atoms with Crippen molar-refractivity contribution >= 4 is 23.0 Å². The number of hydrogen-bond acceptors (Lipinski definition) is 6. The summed E-state index contributed by atoms with van der Waals surface area (Å²) in [7, 11) is 0. The monoisotopic (exact) mass is 412 g/mol. The molecular weight excluding hydrogens is 392 g/mol. The number of rotatable bonds is 6. The number of nitrogens with zero attached hydrogens (tertiary/aromatic N) is 3. The second-order valence-electron chi connectivity index (χ2n) is 6.89. The summed E-state index contributed by atoms with van der Waals surface area (Å²) < 4.78 is 0. The summed E-state index contributed by atoms with van der Waals surface area (Å²) in [6.07, 6.45) is 1.63. The van der Waals surface area contributed by atoms with Gasteiger partial charge in [-0.1, -0.05) is 36.4 Å². The standard InChI is InChI=1S/C24H20N4OS/c1-16(29)19-3-2-4-20(15-19)27-24-26-14-12-21(28-24)23-10-9-22(30-23)18-7-5-17(6-8-18)11-13-25/h2-10,12,14-16,29H,11H2,1H3,(H,26,27,28). The first-order valence-corrected chi connectivity index (χ1v) is 10.4. The Morgan fingerprint density at radius 1 is 1.07 bits per heavy atom. The highest BCUT2D eigenvalue weighted by molar-refractivity contribution is 7.18. The van der Waals surface area contributed by atoms with E-state index in [9.17, 15) is 5.11 Å². The zero-order chi connectivity index (χ0) is 20.9. The Bertz CT molecular complexity index is 1190. The molecule has 1 unspecified atom stereocenters. The van der Waals surface area contributed by atoms with E-state index in [2.05, 4.69) is 33.5 Å². The summed E-state index contributed by atoms with van der Waals surface area (Å²) in [6, 6.07) is 23.9. The maximum absolute atomic E-state index is 9.77. The van der Waals surface area contributed by atoms with Crippen LogP contribution in [-0.4, -0.2) is 15.1 Å². The van der Waals surface area contributed by atoms with Crippen LogP contribution in [0, 0.1) is 11.3 Å². The first-order chi connectivity index (χ1) is 14.6. The Morgan fingerprint density at radius 3 is 2.63 bits per heavy atom. The topological polar surface area (TPSA) is 81.8 Å². The molecule has 0 spiro atoms. The third-order valence-corrected chi connectivity index (χ3v) is 5.82. The lowest BCUT2D eigenvalue weighted by atomic mass is 10.1. The molecule has 0 bridgehead atoms. The van der Waals surface area contributed by atoms with E-state index in [1.807, 2.05) is 54.6 Å². The molecule has 148 valence electrons. The van der Waals surface area contributed by atoms with Crippen LogP contribution in [0.2, 0.25) is 0 Å². The smallest absolute Gasteiger partial charge is 0.227 e. The zero-order valence-electron chi connectivity index (χ0n) is 16.4. The SMILES string of the molecule is CC(O)c1cccc(Nc2nccc(-c3ccc(-c4ccc(CC#N)cc4)s3)n2)c1. The van der Waals surface area contributed by atoms with Crippen molar-refractivity contribution in [3.8, 4) is 27.1 Å². The Kier molecular flexibility index (Phi) is 5.84. The first-order valence-electron chi connectivity index (χ1n) is 9.57. The Labute approximate surface area is 179 Å². The summed E-state index contributed by atoms with van der Waals surface area (Å²) in [6.45, 7) is 1.74. The normalized spacial score (nSPS) is 11.6. The summed E-state index contributed by atoms with van der Waals surface area (Å²) >= 11 is 1.66. The van der Waals surface area contributed by atoms with Crippen LogP contribution in [0.4, 0.5) is 11.6 Å². The van der Waals surface area contributed by atoms with Crippen molar-refractivity contribution in [1.29, 1.82) is 5.26 Å². The summed E-state index contributed by atoms with van der Waals surface area (Å²) in [4.78, 5) is 11.2. The van der Waals surface area contributed by atoms with Crippen LogP contribution in [0.1, 0.15) is 24.2 Å². The fraction of sp³-hybridized carbons (Fsp3) is 0.125. The second-order valence-corrected chi connectivity index (χ2v) is 7.97. The number of nitriles is 1. The van der Waals surface area contributed by atoms with Gasteiger partial charge in [-0.05, 0) is 53.9 Å². The molecule has 2 N–H and O–H groups in total. The highest BCUT2D eigenvalue weighted by atomic mass is 32.1. The quantitative estimate of drug-likeness (QED) is 0.422. The molecule has 0 amide bonds. The van der Waals surface area contributed by atoms with Gasteiger partial charge >= 0.3 is 0 Å². The molecule has 6 heteroatoms. The lowest BCUT2D eigenvalue weighted by Crippen LogP contribution is -1.99. The molecule has 2 aromatic heterocycles. The van der Waals surface area contributed by atoms with E-state index in [1.165, 1.54) is 0 Å². The van der Waals surface area contributed by atoms with E-state index in [-0.39, 0.29) is 0 Å². The molecule has 5 nitrogen and oxygen atoms in total. The minimum atomic E-state index is -0.530. The number of aliphatic hydroxyl groups is 1. The maximum Gasteiger partial charge on any atom is 0.227 e. The lowest BCUT2D eigenvalue weighted by Gasteiger charge is -2.09. The van der Waals surface area contributed by atoms with Gasteiger partial charge in [0, 0.05) is 16.8 Å². The molecule has 1 atom stereocenters. The van der Waals surface area contributed by atoms with E-state index in [0.717, 1.165) is 37.8 Å². The van der Waals surface area contributed by atoms with Crippen molar-refractivity contribution in [3.63, 3.8) is 0 Å². The highest BCUT2D eigenvalue weighted by Crippen LogP contribution is 2.34. The minimum Gasteiger partial charge on any atom is -0.389 e. The minimum absolute atomic E-state index is 0.423. The van der Waals surface area contributed by atoms with Gasteiger partial charge < -0.3 is 10.4 Å². The Balaban J connectivity index is 1.54. The number of hydrogen-bond donors (Lipinski definition) is 2. The van der Waals surface area contributed by atoms with Gasteiger partial charge in [-0.3, -0.25) is 0 Å². The van der Waals surface area contributed by atoms with E-state index in [0.29, 0.717) is 12.4 Å². The van der Waals surface area contributed by atoms with Crippen LogP contribution in [0.15, 0.2) is 72.9 Å². The van der Waals surface area contributed by atoms with E-state index in [4.69, 9.17) is 5.26 Å². The number of anilines is 2. The van der Waals surface area contributed by atoms with Crippen molar-refractivity contribution in [1.82, 2.24) is 9.97 Å². The fourth-order valence-corrected chi connectivity index (χ4v) is 4.05. The molecule has 0 saturated carbocycles. The molecule has 30 heavy (non-hydrogen) atoms. The average molecular weight is 413 g/mol. The molecule has 4 aromatic rings. The fourth-order valence-electron chi connectivity index (χ4n) is 3.07. The van der Waals surface area contributed by atoms with Crippen LogP contribution in [-0.2, 0) is 6.42 Å². The van der Waals surface area contributed by atoms with E-state index in [1.54, 1.807) is 24.5 Å². The van der Waals surface area contributed by atoms with Crippen molar-refractivity contribution in [2.75, 3.05) is 5.32 Å². The molecule has 0 aliphatic heterocycles. The molecule has 0 fully saturated rings. The molecule has 0 radical (unpaired) electrons. The van der Waals surface area contributed by atoms with E-state index >= 15 is 0 Å². The number of benzene rings is 2. The molecule has 0 aliphatic rings. The van der Waals surface area contributed by atoms with Crippen molar-refractivity contribution in [2.45, 2.75) is 19.4 Å². The summed E-state index contributed by atoms with van der Waals surface area (Å²) in [5.41, 5.74) is 4.64. The van der Waals surface area contributed by atoms with Gasteiger partial charge in [-0.15, -0.1) is 11.3 Å². The van der Waals surface area contributed by atoms with Crippen LogP contribution in [0.3, 0.4) is 0 Å². The number of thiophene rings is 1. The predicted octanol–water partition coefficient (Wildman–Crippen LogP) is 5.74. The molecule has 0 saturated heterocycles. The number of nitrogens with one attached hydrogen (secondary N) is 1. The molecule has 4 rings (SSSR count). The van der Waals surface area contributed by atoms with Gasteiger partial charge in [0.25, 0.3) is 0 Å². The zero-order valence-corrected chi connectivity index (χ0v) is 17.2. The van der Waals surface area contributed by atoms with Crippen LogP contribution >= 0.6 is 11.3 Å². The van der Waals surface area contributed by atoms with Gasteiger partial charge in [0.05, 0.1) is 29.2 Å². The van der Waals surface area contributed by atoms with Gasteiger partial charge in [-0.2, -0.15) is 5.26 Å².